The number of nitrogen functional groups attached to an aromatic ring is 1. The molecule has 2 rings (SSSR count). The summed E-state index contributed by atoms with van der Waals surface area (Å²) >= 11 is 0. The van der Waals surface area contributed by atoms with E-state index in [0.717, 1.165) is 32.0 Å². The first kappa shape index (κ1) is 13.6. The zero-order chi connectivity index (χ0) is 13.7. The van der Waals surface area contributed by atoms with Gasteiger partial charge in [-0.2, -0.15) is 0 Å². The molecule has 0 atom stereocenters. The molecule has 0 bridgehead atoms. The fourth-order valence-corrected chi connectivity index (χ4v) is 2.25. The summed E-state index contributed by atoms with van der Waals surface area (Å²) in [6.07, 6.45) is 1.76. The standard InChI is InChI=1S/C13H21N5O/c1-2-15-12(19)10-17-6-8-18(9-7-17)13-11(14)4-3-5-16-13/h3-5H,2,6-10,14H2,1H3,(H,15,19). The zero-order valence-electron chi connectivity index (χ0n) is 11.3. The molecule has 3 N–H and O–H groups in total. The van der Waals surface area contributed by atoms with Gasteiger partial charge in [0, 0.05) is 38.9 Å². The van der Waals surface area contributed by atoms with Crippen molar-refractivity contribution >= 4 is 17.4 Å². The maximum atomic E-state index is 11.5. The number of nitrogens with zero attached hydrogens (tertiary/aromatic N) is 3. The molecule has 1 aliphatic heterocycles. The van der Waals surface area contributed by atoms with Crippen LogP contribution in [0.1, 0.15) is 6.92 Å². The van der Waals surface area contributed by atoms with Crippen molar-refractivity contribution in [2.24, 2.45) is 0 Å². The van der Waals surface area contributed by atoms with E-state index in [4.69, 9.17) is 5.73 Å². The smallest absolute Gasteiger partial charge is 0.234 e. The quantitative estimate of drug-likeness (QED) is 0.795. The zero-order valence-corrected chi connectivity index (χ0v) is 11.3. The topological polar surface area (TPSA) is 74.5 Å². The number of likely N-dealkylation sites (N-methyl/N-ethyl adjacent to an activating group) is 1. The molecule has 0 radical (unpaired) electrons. The fraction of sp³-hybridized carbons (Fsp3) is 0.538. The van der Waals surface area contributed by atoms with E-state index in [1.807, 2.05) is 19.1 Å². The molecule has 1 saturated heterocycles. The van der Waals surface area contributed by atoms with E-state index in [1.54, 1.807) is 6.20 Å². The average molecular weight is 263 g/mol. The van der Waals surface area contributed by atoms with Crippen LogP contribution in [0.5, 0.6) is 0 Å². The SMILES string of the molecule is CCNC(=O)CN1CCN(c2ncccc2N)CC1. The lowest BCUT2D eigenvalue weighted by molar-refractivity contribution is -0.122. The second kappa shape index (κ2) is 6.38. The Labute approximate surface area is 113 Å². The van der Waals surface area contributed by atoms with Crippen LogP contribution < -0.4 is 16.0 Å². The molecule has 0 aliphatic carbocycles. The molecular formula is C13H21N5O. The number of amides is 1. The second-order valence-corrected chi connectivity index (χ2v) is 4.63. The van der Waals surface area contributed by atoms with Crippen LogP contribution in [-0.2, 0) is 4.79 Å². The van der Waals surface area contributed by atoms with E-state index >= 15 is 0 Å². The van der Waals surface area contributed by atoms with E-state index in [1.165, 1.54) is 0 Å². The molecule has 104 valence electrons. The van der Waals surface area contributed by atoms with E-state index in [9.17, 15) is 4.79 Å². The number of carbonyl (C=O) groups excluding carboxylic acids is 1. The third-order valence-electron chi connectivity index (χ3n) is 3.23. The molecule has 0 saturated carbocycles. The van der Waals surface area contributed by atoms with E-state index in [2.05, 4.69) is 20.1 Å². The molecule has 1 fully saturated rings. The lowest BCUT2D eigenvalue weighted by Crippen LogP contribution is -2.49. The fourth-order valence-electron chi connectivity index (χ4n) is 2.25. The lowest BCUT2D eigenvalue weighted by Gasteiger charge is -2.35. The van der Waals surface area contributed by atoms with Crippen LogP contribution in [-0.4, -0.2) is 55.1 Å². The molecule has 2 heterocycles. The first-order valence-electron chi connectivity index (χ1n) is 6.65. The van der Waals surface area contributed by atoms with Crippen LogP contribution in [0, 0.1) is 0 Å². The van der Waals surface area contributed by atoms with Crippen molar-refractivity contribution in [3.05, 3.63) is 18.3 Å². The Morgan fingerprint density at radius 3 is 2.79 bits per heavy atom. The molecular weight excluding hydrogens is 242 g/mol. The number of aromatic nitrogens is 1. The highest BCUT2D eigenvalue weighted by molar-refractivity contribution is 5.78. The summed E-state index contributed by atoms with van der Waals surface area (Å²) in [4.78, 5) is 20.2. The summed E-state index contributed by atoms with van der Waals surface area (Å²) in [6, 6.07) is 3.70. The number of carbonyl (C=O) groups is 1. The van der Waals surface area contributed by atoms with Crippen LogP contribution in [0.15, 0.2) is 18.3 Å². The monoisotopic (exact) mass is 263 g/mol. The number of anilines is 2. The molecule has 1 amide bonds. The maximum Gasteiger partial charge on any atom is 0.234 e. The van der Waals surface area contributed by atoms with E-state index < -0.39 is 0 Å². The normalized spacial score (nSPS) is 16.4. The number of hydrogen-bond acceptors (Lipinski definition) is 5. The number of piperazine rings is 1. The third kappa shape index (κ3) is 3.57. The second-order valence-electron chi connectivity index (χ2n) is 4.63. The third-order valence-corrected chi connectivity index (χ3v) is 3.23. The van der Waals surface area contributed by atoms with Gasteiger partial charge >= 0.3 is 0 Å². The Morgan fingerprint density at radius 2 is 2.16 bits per heavy atom. The number of hydrogen-bond donors (Lipinski definition) is 2. The van der Waals surface area contributed by atoms with Gasteiger partial charge in [0.25, 0.3) is 0 Å². The van der Waals surface area contributed by atoms with E-state index in [0.29, 0.717) is 18.8 Å². The van der Waals surface area contributed by atoms with Gasteiger partial charge in [-0.25, -0.2) is 4.98 Å². The Balaban J connectivity index is 1.86. The Morgan fingerprint density at radius 1 is 1.42 bits per heavy atom. The molecule has 0 unspecified atom stereocenters. The van der Waals surface area contributed by atoms with Crippen molar-refractivity contribution in [1.82, 2.24) is 15.2 Å². The lowest BCUT2D eigenvalue weighted by atomic mass is 10.3. The Kier molecular flexibility index (Phi) is 4.57. The van der Waals surface area contributed by atoms with Crippen molar-refractivity contribution in [2.75, 3.05) is 49.9 Å². The average Bonchev–Trinajstić information content (AvgIpc) is 2.41. The maximum absolute atomic E-state index is 11.5. The minimum atomic E-state index is 0.0910. The van der Waals surface area contributed by atoms with Crippen LogP contribution in [0.25, 0.3) is 0 Å². The molecule has 1 aromatic rings. The predicted octanol–water partition coefficient (Wildman–Crippen LogP) is -0.0781. The van der Waals surface area contributed by atoms with Gasteiger partial charge in [0.05, 0.1) is 12.2 Å². The predicted molar refractivity (Wildman–Crippen MR) is 76.0 cm³/mol. The van der Waals surface area contributed by atoms with Crippen molar-refractivity contribution < 1.29 is 4.79 Å². The van der Waals surface area contributed by atoms with Gasteiger partial charge in [0.2, 0.25) is 5.91 Å². The van der Waals surface area contributed by atoms with Crippen LogP contribution >= 0.6 is 0 Å². The van der Waals surface area contributed by atoms with Crippen molar-refractivity contribution in [3.8, 4) is 0 Å². The van der Waals surface area contributed by atoms with Crippen molar-refractivity contribution in [3.63, 3.8) is 0 Å². The summed E-state index contributed by atoms with van der Waals surface area (Å²) in [5, 5.41) is 2.82. The summed E-state index contributed by atoms with van der Waals surface area (Å²) in [5.41, 5.74) is 6.63. The molecule has 1 aromatic heterocycles. The van der Waals surface area contributed by atoms with Crippen LogP contribution in [0.4, 0.5) is 11.5 Å². The van der Waals surface area contributed by atoms with Gasteiger partial charge in [0.15, 0.2) is 5.82 Å². The Bertz CT molecular complexity index is 429. The van der Waals surface area contributed by atoms with Crippen molar-refractivity contribution in [2.45, 2.75) is 6.92 Å². The number of nitrogens with two attached hydrogens (primary N) is 1. The summed E-state index contributed by atoms with van der Waals surface area (Å²) < 4.78 is 0. The highest BCUT2D eigenvalue weighted by Crippen LogP contribution is 2.20. The minimum Gasteiger partial charge on any atom is -0.396 e. The van der Waals surface area contributed by atoms with Gasteiger partial charge in [-0.05, 0) is 19.1 Å². The molecule has 0 spiro atoms. The van der Waals surface area contributed by atoms with Crippen LogP contribution in [0.3, 0.4) is 0 Å². The number of pyridine rings is 1. The molecule has 0 aromatic carbocycles. The van der Waals surface area contributed by atoms with Gasteiger partial charge in [-0.15, -0.1) is 0 Å². The van der Waals surface area contributed by atoms with Crippen LogP contribution in [0.2, 0.25) is 0 Å². The number of rotatable bonds is 4. The minimum absolute atomic E-state index is 0.0910. The van der Waals surface area contributed by atoms with Gasteiger partial charge in [-0.3, -0.25) is 9.69 Å². The highest BCUT2D eigenvalue weighted by Gasteiger charge is 2.20. The van der Waals surface area contributed by atoms with E-state index in [-0.39, 0.29) is 5.91 Å². The summed E-state index contributed by atoms with van der Waals surface area (Å²) in [7, 11) is 0. The Hall–Kier alpha value is -1.82. The molecule has 6 nitrogen and oxygen atoms in total. The molecule has 19 heavy (non-hydrogen) atoms. The first-order chi connectivity index (χ1) is 9.20. The van der Waals surface area contributed by atoms with Gasteiger partial charge in [0.1, 0.15) is 0 Å². The summed E-state index contributed by atoms with van der Waals surface area (Å²) in [5.74, 6) is 0.938. The summed E-state index contributed by atoms with van der Waals surface area (Å²) in [6.45, 7) is 6.49. The largest absolute Gasteiger partial charge is 0.396 e. The highest BCUT2D eigenvalue weighted by atomic mass is 16.2. The van der Waals surface area contributed by atoms with Crippen molar-refractivity contribution in [1.29, 1.82) is 0 Å². The van der Waals surface area contributed by atoms with Gasteiger partial charge < -0.3 is 16.0 Å². The van der Waals surface area contributed by atoms with Gasteiger partial charge in [-0.1, -0.05) is 0 Å². The molecule has 1 aliphatic rings. The first-order valence-corrected chi connectivity index (χ1v) is 6.65. The molecule has 6 heteroatoms. The number of nitrogens with one attached hydrogen (secondary N) is 1.